The van der Waals surface area contributed by atoms with Crippen LogP contribution in [0.15, 0.2) is 41.0 Å². The Morgan fingerprint density at radius 3 is 2.25 bits per heavy atom. The van der Waals surface area contributed by atoms with Crippen molar-refractivity contribution in [2.75, 3.05) is 4.90 Å². The zero-order valence-electron chi connectivity index (χ0n) is 10.1. The van der Waals surface area contributed by atoms with E-state index in [0.717, 1.165) is 14.9 Å². The minimum atomic E-state index is -0.331. The average Bonchev–Trinajstić information content (AvgIpc) is 2.72. The number of imide groups is 1. The first-order chi connectivity index (χ1) is 9.63. The Kier molecular flexibility index (Phi) is 3.43. The highest BCUT2D eigenvalue weighted by Crippen LogP contribution is 2.31. The summed E-state index contributed by atoms with van der Waals surface area (Å²) < 4.78 is 0.798. The smallest absolute Gasteiger partial charge is 0.267 e. The van der Waals surface area contributed by atoms with Crippen molar-refractivity contribution >= 4 is 49.5 Å². The van der Waals surface area contributed by atoms with Crippen LogP contribution >= 0.6 is 31.9 Å². The molecule has 3 rings (SSSR count). The van der Waals surface area contributed by atoms with E-state index < -0.39 is 0 Å². The lowest BCUT2D eigenvalue weighted by molar-refractivity contribution is 0.0925. The lowest BCUT2D eigenvalue weighted by Crippen LogP contribution is -2.31. The first kappa shape index (κ1) is 13.5. The van der Waals surface area contributed by atoms with Crippen LogP contribution in [-0.4, -0.2) is 16.8 Å². The van der Waals surface area contributed by atoms with E-state index in [9.17, 15) is 9.59 Å². The number of carbonyl (C=O) groups excluding carboxylic acids is 2. The summed E-state index contributed by atoms with van der Waals surface area (Å²) in [5.74, 6) is -0.290. The molecular weight excluding hydrogens is 388 g/mol. The molecule has 2 heterocycles. The molecule has 0 unspecified atom stereocenters. The number of benzene rings is 1. The number of nitrogens with zero attached hydrogens (tertiary/aromatic N) is 2. The molecule has 0 saturated heterocycles. The number of aromatic nitrogens is 1. The van der Waals surface area contributed by atoms with E-state index in [-0.39, 0.29) is 11.8 Å². The third-order valence-corrected chi connectivity index (χ3v) is 4.10. The van der Waals surface area contributed by atoms with E-state index in [1.807, 2.05) is 6.07 Å². The molecule has 0 spiro atoms. The fraction of sp³-hybridized carbons (Fsp3) is 0.0714. The molecule has 100 valence electrons. The van der Waals surface area contributed by atoms with Gasteiger partial charge in [0, 0.05) is 21.6 Å². The van der Waals surface area contributed by atoms with Crippen LogP contribution in [0.5, 0.6) is 0 Å². The van der Waals surface area contributed by atoms with Gasteiger partial charge in [-0.25, -0.2) is 9.88 Å². The second kappa shape index (κ2) is 5.10. The van der Waals surface area contributed by atoms with Crippen LogP contribution in [0, 0.1) is 0 Å². The molecule has 6 heteroatoms. The van der Waals surface area contributed by atoms with Crippen molar-refractivity contribution in [3.05, 3.63) is 57.7 Å². The summed E-state index contributed by atoms with van der Waals surface area (Å²) in [7, 11) is 0. The maximum absolute atomic E-state index is 12.4. The molecule has 0 N–H and O–H groups in total. The summed E-state index contributed by atoms with van der Waals surface area (Å²) in [6, 6.07) is 8.63. The number of fused-ring (bicyclic) bond motifs is 1. The molecule has 2 aromatic rings. The van der Waals surface area contributed by atoms with Crippen molar-refractivity contribution in [2.45, 2.75) is 5.33 Å². The fourth-order valence-electron chi connectivity index (χ4n) is 2.16. The van der Waals surface area contributed by atoms with Crippen LogP contribution in [0.3, 0.4) is 0 Å². The van der Waals surface area contributed by atoms with Crippen molar-refractivity contribution in [2.24, 2.45) is 0 Å². The van der Waals surface area contributed by atoms with Gasteiger partial charge in [-0.05, 0) is 34.1 Å². The topological polar surface area (TPSA) is 50.3 Å². The van der Waals surface area contributed by atoms with Crippen LogP contribution in [0.2, 0.25) is 0 Å². The van der Waals surface area contributed by atoms with Crippen molar-refractivity contribution in [1.82, 2.24) is 4.98 Å². The average molecular weight is 396 g/mol. The van der Waals surface area contributed by atoms with Gasteiger partial charge < -0.3 is 0 Å². The maximum Gasteiger partial charge on any atom is 0.267 e. The first-order valence-corrected chi connectivity index (χ1v) is 7.73. The van der Waals surface area contributed by atoms with E-state index in [0.29, 0.717) is 22.3 Å². The number of alkyl halides is 1. The number of amides is 2. The van der Waals surface area contributed by atoms with Crippen LogP contribution in [0.1, 0.15) is 26.3 Å². The highest BCUT2D eigenvalue weighted by atomic mass is 79.9. The molecule has 0 saturated carbocycles. The van der Waals surface area contributed by atoms with Crippen molar-refractivity contribution in [3.8, 4) is 0 Å². The van der Waals surface area contributed by atoms with Crippen molar-refractivity contribution in [1.29, 1.82) is 0 Å². The Morgan fingerprint density at radius 1 is 1.10 bits per heavy atom. The molecule has 20 heavy (non-hydrogen) atoms. The van der Waals surface area contributed by atoms with Gasteiger partial charge in [0.2, 0.25) is 0 Å². The predicted octanol–water partition coefficient (Wildman–Crippen LogP) is 3.54. The number of rotatable bonds is 2. The second-order valence-corrected chi connectivity index (χ2v) is 5.74. The Morgan fingerprint density at radius 2 is 1.70 bits per heavy atom. The molecule has 0 fully saturated rings. The Labute approximate surface area is 132 Å². The van der Waals surface area contributed by atoms with Crippen LogP contribution in [0.25, 0.3) is 0 Å². The van der Waals surface area contributed by atoms with Gasteiger partial charge in [-0.1, -0.05) is 28.1 Å². The number of halogens is 2. The molecule has 0 atom stereocenters. The molecule has 0 aliphatic carbocycles. The third kappa shape index (κ3) is 1.99. The maximum atomic E-state index is 12.4. The van der Waals surface area contributed by atoms with Gasteiger partial charge in [0.05, 0.1) is 11.1 Å². The number of anilines is 1. The van der Waals surface area contributed by atoms with Gasteiger partial charge >= 0.3 is 0 Å². The predicted molar refractivity (Wildman–Crippen MR) is 82.2 cm³/mol. The molecule has 4 nitrogen and oxygen atoms in total. The lowest BCUT2D eigenvalue weighted by atomic mass is 10.1. The highest BCUT2D eigenvalue weighted by molar-refractivity contribution is 9.10. The van der Waals surface area contributed by atoms with Crippen LogP contribution in [-0.2, 0) is 5.33 Å². The summed E-state index contributed by atoms with van der Waals surface area (Å²) in [6.45, 7) is 0. The van der Waals surface area contributed by atoms with Gasteiger partial charge in [0.25, 0.3) is 11.8 Å². The molecule has 1 aliphatic heterocycles. The zero-order chi connectivity index (χ0) is 14.3. The minimum Gasteiger partial charge on any atom is -0.268 e. The first-order valence-electron chi connectivity index (χ1n) is 5.81. The van der Waals surface area contributed by atoms with Gasteiger partial charge in [0.15, 0.2) is 0 Å². The fourth-order valence-corrected chi connectivity index (χ4v) is 2.95. The number of hydrogen-bond acceptors (Lipinski definition) is 3. The normalized spacial score (nSPS) is 13.8. The van der Waals surface area contributed by atoms with E-state index in [1.54, 1.807) is 30.5 Å². The minimum absolute atomic E-state index is 0.331. The molecule has 1 aliphatic rings. The third-order valence-electron chi connectivity index (χ3n) is 3.06. The zero-order valence-corrected chi connectivity index (χ0v) is 13.3. The van der Waals surface area contributed by atoms with Crippen LogP contribution < -0.4 is 4.90 Å². The Hall–Kier alpha value is -1.53. The summed E-state index contributed by atoms with van der Waals surface area (Å²) in [6.07, 6.45) is 1.57. The van der Waals surface area contributed by atoms with Crippen LogP contribution in [0.4, 0.5) is 5.82 Å². The second-order valence-electron chi connectivity index (χ2n) is 4.26. The van der Waals surface area contributed by atoms with E-state index in [4.69, 9.17) is 0 Å². The molecule has 1 aromatic carbocycles. The quantitative estimate of drug-likeness (QED) is 0.577. The Bertz CT molecular complexity index is 696. The van der Waals surface area contributed by atoms with E-state index >= 15 is 0 Å². The SMILES string of the molecule is O=C1c2ccccc2C(=O)N1c1ncc(Br)cc1CBr. The van der Waals surface area contributed by atoms with Gasteiger partial charge in [-0.15, -0.1) is 0 Å². The van der Waals surface area contributed by atoms with Gasteiger partial charge in [-0.2, -0.15) is 0 Å². The molecule has 2 amide bonds. The monoisotopic (exact) mass is 394 g/mol. The van der Waals surface area contributed by atoms with Crippen molar-refractivity contribution < 1.29 is 9.59 Å². The number of pyridine rings is 1. The largest absolute Gasteiger partial charge is 0.268 e. The van der Waals surface area contributed by atoms with E-state index in [2.05, 4.69) is 36.8 Å². The molecular formula is C14H8Br2N2O2. The van der Waals surface area contributed by atoms with Gasteiger partial charge in [0.1, 0.15) is 5.82 Å². The molecule has 1 aromatic heterocycles. The summed E-state index contributed by atoms with van der Waals surface area (Å²) in [5, 5.41) is 0.502. The van der Waals surface area contributed by atoms with E-state index in [1.165, 1.54) is 0 Å². The van der Waals surface area contributed by atoms with Gasteiger partial charge in [-0.3, -0.25) is 9.59 Å². The number of carbonyl (C=O) groups is 2. The standard InChI is InChI=1S/C14H8Br2N2O2/c15-6-8-5-9(16)7-17-12(8)18-13(19)10-3-1-2-4-11(10)14(18)20/h1-5,7H,6H2. The molecule has 0 radical (unpaired) electrons. The van der Waals surface area contributed by atoms with Crippen molar-refractivity contribution in [3.63, 3.8) is 0 Å². The summed E-state index contributed by atoms with van der Waals surface area (Å²) >= 11 is 6.69. The summed E-state index contributed by atoms with van der Waals surface area (Å²) in [4.78, 5) is 30.2. The highest BCUT2D eigenvalue weighted by Gasteiger charge is 2.38. The summed E-state index contributed by atoms with van der Waals surface area (Å²) in [5.41, 5.74) is 1.61. The molecule has 0 bridgehead atoms. The lowest BCUT2D eigenvalue weighted by Gasteiger charge is -2.16. The Balaban J connectivity index is 2.14. The number of hydrogen-bond donors (Lipinski definition) is 0.